The lowest BCUT2D eigenvalue weighted by atomic mass is 9.91. The lowest BCUT2D eigenvalue weighted by Gasteiger charge is -2.38. The van der Waals surface area contributed by atoms with Crippen molar-refractivity contribution in [1.82, 2.24) is 10.2 Å². The van der Waals surface area contributed by atoms with Gasteiger partial charge >= 0.3 is 5.97 Å². The summed E-state index contributed by atoms with van der Waals surface area (Å²) in [4.78, 5) is 26.9. The molecule has 2 atom stereocenters. The van der Waals surface area contributed by atoms with E-state index in [-0.39, 0.29) is 23.4 Å². The van der Waals surface area contributed by atoms with E-state index in [2.05, 4.69) is 22.3 Å². The van der Waals surface area contributed by atoms with Gasteiger partial charge in [-0.15, -0.1) is 0 Å². The molecule has 1 saturated heterocycles. The van der Waals surface area contributed by atoms with Crippen LogP contribution in [0.5, 0.6) is 5.75 Å². The smallest absolute Gasteiger partial charge is 0.326 e. The molecule has 3 fully saturated rings. The van der Waals surface area contributed by atoms with E-state index in [0.717, 1.165) is 62.7 Å². The number of nitrogens with zero attached hydrogens (tertiary/aromatic N) is 1. The standard InChI is InChI=1S/C34H35Cl2FN2O4/c35-25-14-24(15-26(36)16-25)32(23-4-2-1-3-5-23)39-12-10-20(11-13-39)19-43-30-18-29(37)28(17-27(30)21-6-7-21)33(40)38-31(34(41)42)22-8-9-22/h1-5,14-18,20-22,31-32H,6-13,19H2,(H,38,40)(H,41,42)/t31-,32-/m0/s1. The Kier molecular flexibility index (Phi) is 8.94. The second-order valence-corrected chi connectivity index (χ2v) is 13.0. The molecule has 1 amide bonds. The zero-order valence-corrected chi connectivity index (χ0v) is 25.3. The summed E-state index contributed by atoms with van der Waals surface area (Å²) in [5, 5.41) is 13.2. The minimum atomic E-state index is -1.09. The first-order valence-electron chi connectivity index (χ1n) is 15.0. The predicted octanol–water partition coefficient (Wildman–Crippen LogP) is 7.48. The molecule has 2 saturated carbocycles. The highest BCUT2D eigenvalue weighted by Gasteiger charge is 2.38. The number of halogens is 3. The van der Waals surface area contributed by atoms with Crippen molar-refractivity contribution in [1.29, 1.82) is 0 Å². The number of carbonyl (C=O) groups excluding carboxylic acids is 1. The highest BCUT2D eigenvalue weighted by Crippen LogP contribution is 2.45. The Balaban J connectivity index is 1.12. The number of rotatable bonds is 11. The topological polar surface area (TPSA) is 78.9 Å². The van der Waals surface area contributed by atoms with Crippen LogP contribution in [0.2, 0.25) is 10.0 Å². The van der Waals surface area contributed by atoms with Gasteiger partial charge in [-0.3, -0.25) is 9.69 Å². The SMILES string of the molecule is O=C(N[C@H](C(=O)O)C1CC1)c1cc(C2CC2)c(OCC2CCN([C@@H](c3ccccc3)c3cc(Cl)cc(Cl)c3)CC2)cc1F. The average molecular weight is 626 g/mol. The second kappa shape index (κ2) is 12.8. The quantitative estimate of drug-likeness (QED) is 0.231. The largest absolute Gasteiger partial charge is 0.493 e. The van der Waals surface area contributed by atoms with Crippen LogP contribution in [0.1, 0.15) is 77.5 Å². The summed E-state index contributed by atoms with van der Waals surface area (Å²) in [6.07, 6.45) is 5.24. The molecule has 0 aromatic heterocycles. The van der Waals surface area contributed by atoms with E-state index < -0.39 is 23.7 Å². The summed E-state index contributed by atoms with van der Waals surface area (Å²) in [6, 6.07) is 17.9. The Morgan fingerprint density at radius 3 is 2.21 bits per heavy atom. The predicted molar refractivity (Wildman–Crippen MR) is 165 cm³/mol. The molecule has 2 N–H and O–H groups in total. The van der Waals surface area contributed by atoms with Crippen LogP contribution in [0.15, 0.2) is 60.7 Å². The van der Waals surface area contributed by atoms with Crippen LogP contribution in [0.3, 0.4) is 0 Å². The number of amides is 1. The average Bonchev–Trinajstić information content (AvgIpc) is 3.90. The van der Waals surface area contributed by atoms with Crippen molar-refractivity contribution in [2.45, 2.75) is 56.5 Å². The third-order valence-electron chi connectivity index (χ3n) is 8.81. The maximum atomic E-state index is 15.2. The van der Waals surface area contributed by atoms with Crippen molar-refractivity contribution < 1.29 is 23.8 Å². The molecule has 0 spiro atoms. The Labute approximate surface area is 261 Å². The van der Waals surface area contributed by atoms with E-state index in [9.17, 15) is 14.7 Å². The molecule has 0 unspecified atom stereocenters. The molecule has 2 aliphatic carbocycles. The van der Waals surface area contributed by atoms with Gasteiger partial charge in [-0.1, -0.05) is 53.5 Å². The van der Waals surface area contributed by atoms with Crippen LogP contribution in [-0.4, -0.2) is 47.6 Å². The number of hydrogen-bond donors (Lipinski definition) is 2. The third kappa shape index (κ3) is 7.17. The molecule has 3 aromatic carbocycles. The van der Waals surface area contributed by atoms with Crippen molar-refractivity contribution >= 4 is 35.1 Å². The van der Waals surface area contributed by atoms with E-state index >= 15 is 4.39 Å². The van der Waals surface area contributed by atoms with E-state index in [1.54, 1.807) is 12.1 Å². The number of ether oxygens (including phenoxy) is 1. The van der Waals surface area contributed by atoms with Gasteiger partial charge in [0.05, 0.1) is 18.2 Å². The van der Waals surface area contributed by atoms with Gasteiger partial charge in [0.1, 0.15) is 17.6 Å². The first-order chi connectivity index (χ1) is 20.8. The molecule has 9 heteroatoms. The molecule has 0 radical (unpaired) electrons. The number of carboxylic acids is 1. The monoisotopic (exact) mass is 624 g/mol. The number of nitrogens with one attached hydrogen (secondary N) is 1. The molecule has 1 heterocycles. The normalized spacial score (nSPS) is 19.0. The molecule has 1 aliphatic heterocycles. The maximum absolute atomic E-state index is 15.2. The summed E-state index contributed by atoms with van der Waals surface area (Å²) in [5.41, 5.74) is 2.93. The molecular formula is C34H35Cl2FN2O4. The number of carbonyl (C=O) groups is 2. The number of carboxylic acid groups (broad SMARTS) is 1. The maximum Gasteiger partial charge on any atom is 0.326 e. The van der Waals surface area contributed by atoms with Gasteiger partial charge in [-0.25, -0.2) is 9.18 Å². The molecule has 226 valence electrons. The Morgan fingerprint density at radius 1 is 0.930 bits per heavy atom. The second-order valence-electron chi connectivity index (χ2n) is 12.1. The van der Waals surface area contributed by atoms with Crippen molar-refractivity contribution in [3.8, 4) is 5.75 Å². The minimum absolute atomic E-state index is 0.0224. The first-order valence-corrected chi connectivity index (χ1v) is 15.8. The Morgan fingerprint density at radius 2 is 1.60 bits per heavy atom. The minimum Gasteiger partial charge on any atom is -0.493 e. The lowest BCUT2D eigenvalue weighted by molar-refractivity contribution is -0.139. The fourth-order valence-electron chi connectivity index (χ4n) is 6.18. The van der Waals surface area contributed by atoms with Crippen LogP contribution in [0.4, 0.5) is 4.39 Å². The number of benzene rings is 3. The van der Waals surface area contributed by atoms with E-state index in [1.165, 1.54) is 11.6 Å². The third-order valence-corrected chi connectivity index (χ3v) is 9.25. The zero-order valence-electron chi connectivity index (χ0n) is 23.8. The van der Waals surface area contributed by atoms with Gasteiger partial charge in [0.15, 0.2) is 0 Å². The Bertz CT molecular complexity index is 1470. The van der Waals surface area contributed by atoms with Gasteiger partial charge in [-0.05, 0) is 110 Å². The van der Waals surface area contributed by atoms with Crippen molar-refractivity contribution in [3.63, 3.8) is 0 Å². The molecule has 6 rings (SSSR count). The number of aliphatic carboxylic acids is 1. The van der Waals surface area contributed by atoms with Crippen LogP contribution in [-0.2, 0) is 4.79 Å². The zero-order chi connectivity index (χ0) is 30.1. The molecule has 43 heavy (non-hydrogen) atoms. The summed E-state index contributed by atoms with van der Waals surface area (Å²) >= 11 is 12.8. The van der Waals surface area contributed by atoms with Gasteiger partial charge in [-0.2, -0.15) is 0 Å². The van der Waals surface area contributed by atoms with Crippen molar-refractivity contribution in [3.05, 3.63) is 98.8 Å². The van der Waals surface area contributed by atoms with Gasteiger partial charge in [0, 0.05) is 16.1 Å². The van der Waals surface area contributed by atoms with Crippen LogP contribution < -0.4 is 10.1 Å². The summed E-state index contributed by atoms with van der Waals surface area (Å²) in [7, 11) is 0. The lowest BCUT2D eigenvalue weighted by Crippen LogP contribution is -2.42. The molecule has 6 nitrogen and oxygen atoms in total. The number of likely N-dealkylation sites (tertiary alicyclic amines) is 1. The summed E-state index contributed by atoms with van der Waals surface area (Å²) < 4.78 is 21.4. The van der Waals surface area contributed by atoms with E-state index in [4.69, 9.17) is 27.9 Å². The van der Waals surface area contributed by atoms with E-state index in [0.29, 0.717) is 28.3 Å². The van der Waals surface area contributed by atoms with Gasteiger partial charge in [0.25, 0.3) is 5.91 Å². The highest BCUT2D eigenvalue weighted by atomic mass is 35.5. The highest BCUT2D eigenvalue weighted by molar-refractivity contribution is 6.34. The first kappa shape index (κ1) is 29.9. The summed E-state index contributed by atoms with van der Waals surface area (Å²) in [5.74, 6) is -1.57. The van der Waals surface area contributed by atoms with Crippen molar-refractivity contribution in [2.24, 2.45) is 11.8 Å². The fourth-order valence-corrected chi connectivity index (χ4v) is 6.72. The number of hydrogen-bond acceptors (Lipinski definition) is 4. The number of piperidine rings is 1. The van der Waals surface area contributed by atoms with Crippen LogP contribution in [0.25, 0.3) is 0 Å². The van der Waals surface area contributed by atoms with Crippen molar-refractivity contribution in [2.75, 3.05) is 19.7 Å². The van der Waals surface area contributed by atoms with Gasteiger partial charge < -0.3 is 15.2 Å². The molecule has 3 aliphatic rings. The fraction of sp³-hybridized carbons (Fsp3) is 0.412. The molecule has 0 bridgehead atoms. The molecule has 3 aromatic rings. The molecular weight excluding hydrogens is 590 g/mol. The van der Waals surface area contributed by atoms with Crippen LogP contribution in [0, 0.1) is 17.7 Å². The van der Waals surface area contributed by atoms with Crippen LogP contribution >= 0.6 is 23.2 Å². The van der Waals surface area contributed by atoms with Gasteiger partial charge in [0.2, 0.25) is 0 Å². The Hall–Kier alpha value is -3.13. The summed E-state index contributed by atoms with van der Waals surface area (Å²) in [6.45, 7) is 2.17. The van der Waals surface area contributed by atoms with E-state index in [1.807, 2.05) is 30.3 Å².